The molecule has 0 fully saturated rings. The van der Waals surface area contributed by atoms with Crippen molar-refractivity contribution in [1.82, 2.24) is 14.9 Å². The summed E-state index contributed by atoms with van der Waals surface area (Å²) in [5.41, 5.74) is 7.11. The lowest BCUT2D eigenvalue weighted by Crippen LogP contribution is -2.29. The molecule has 10 heteroatoms. The maximum atomic E-state index is 13.5. The van der Waals surface area contributed by atoms with E-state index < -0.39 is 12.1 Å². The Bertz CT molecular complexity index is 1580. The van der Waals surface area contributed by atoms with Crippen LogP contribution in [0, 0.1) is 6.92 Å². The van der Waals surface area contributed by atoms with Gasteiger partial charge in [0.15, 0.2) is 0 Å². The van der Waals surface area contributed by atoms with E-state index in [9.17, 15) is 18.0 Å². The molecule has 218 valence electrons. The molecule has 0 spiro atoms. The van der Waals surface area contributed by atoms with Crippen molar-refractivity contribution in [2.45, 2.75) is 38.4 Å². The number of benzene rings is 3. The van der Waals surface area contributed by atoms with E-state index in [2.05, 4.69) is 40.6 Å². The third-order valence-corrected chi connectivity index (χ3v) is 6.74. The Morgan fingerprint density at radius 2 is 1.79 bits per heavy atom. The van der Waals surface area contributed by atoms with Crippen LogP contribution >= 0.6 is 0 Å². The molecule has 1 aromatic heterocycles. The second-order valence-electron chi connectivity index (χ2n) is 9.75. The van der Waals surface area contributed by atoms with Gasteiger partial charge in [0, 0.05) is 18.2 Å². The number of hydrogen-bond acceptors (Lipinski definition) is 4. The number of rotatable bonds is 7. The number of imidazole rings is 1. The van der Waals surface area contributed by atoms with Crippen LogP contribution in [0.5, 0.6) is 5.75 Å². The van der Waals surface area contributed by atoms with E-state index in [0.717, 1.165) is 41.1 Å². The molecule has 0 radical (unpaired) electrons. The highest BCUT2D eigenvalue weighted by Crippen LogP contribution is 2.31. The molecule has 0 saturated heterocycles. The molecule has 1 amide bonds. The van der Waals surface area contributed by atoms with Crippen LogP contribution in [0.25, 0.3) is 11.8 Å². The molecule has 0 saturated carbocycles. The van der Waals surface area contributed by atoms with E-state index in [4.69, 9.17) is 14.6 Å². The maximum absolute atomic E-state index is 13.5. The third kappa shape index (κ3) is 7.66. The highest BCUT2D eigenvalue weighted by atomic mass is 19.4. The van der Waals surface area contributed by atoms with Gasteiger partial charge in [-0.3, -0.25) is 4.79 Å². The molecule has 2 N–H and O–H groups in total. The van der Waals surface area contributed by atoms with Crippen molar-refractivity contribution in [3.8, 4) is 11.4 Å². The normalized spacial score (nSPS) is 14.4. The Hall–Kier alpha value is -4.86. The number of fused-ring (bicyclic) bond motifs is 1. The molecule has 5 rings (SSSR count). The zero-order valence-corrected chi connectivity index (χ0v) is 23.1. The summed E-state index contributed by atoms with van der Waals surface area (Å²) < 4.78 is 39.4. The number of aromatic nitrogens is 2. The van der Waals surface area contributed by atoms with Gasteiger partial charge in [0.1, 0.15) is 5.75 Å². The van der Waals surface area contributed by atoms with Crippen molar-refractivity contribution in [3.63, 3.8) is 0 Å². The summed E-state index contributed by atoms with van der Waals surface area (Å²) in [6.07, 6.45) is 3.08. The van der Waals surface area contributed by atoms with Gasteiger partial charge in [-0.05, 0) is 60.2 Å². The van der Waals surface area contributed by atoms with Gasteiger partial charge in [-0.1, -0.05) is 60.7 Å². The van der Waals surface area contributed by atoms with Gasteiger partial charge in [0.2, 0.25) is 5.91 Å². The summed E-state index contributed by atoms with van der Waals surface area (Å²) in [5.74, 6) is -2.07. The zero-order chi connectivity index (χ0) is 30.3. The monoisotopic (exact) mass is 577 g/mol. The molecule has 0 bridgehead atoms. The van der Waals surface area contributed by atoms with Crippen molar-refractivity contribution in [3.05, 3.63) is 119 Å². The van der Waals surface area contributed by atoms with E-state index in [0.29, 0.717) is 12.0 Å². The van der Waals surface area contributed by atoms with E-state index in [-0.39, 0.29) is 11.9 Å². The molecule has 0 aliphatic heterocycles. The average Bonchev–Trinajstić information content (AvgIpc) is 3.59. The van der Waals surface area contributed by atoms with Crippen LogP contribution in [0.15, 0.2) is 90.9 Å². The minimum absolute atomic E-state index is 0.0381. The number of methoxy groups -OCH3 is 1. The molecular weight excluding hydrogens is 547 g/mol. The largest absolute Gasteiger partial charge is 0.495 e. The van der Waals surface area contributed by atoms with Crippen LogP contribution in [-0.2, 0) is 22.4 Å². The Labute approximate surface area is 241 Å². The second-order valence-corrected chi connectivity index (χ2v) is 9.75. The predicted octanol–water partition coefficient (Wildman–Crippen LogP) is 6.25. The van der Waals surface area contributed by atoms with Crippen molar-refractivity contribution < 1.29 is 32.6 Å². The predicted molar refractivity (Wildman–Crippen MR) is 152 cm³/mol. The number of carboxylic acid groups (broad SMARTS) is 1. The van der Waals surface area contributed by atoms with Crippen molar-refractivity contribution in [1.29, 1.82) is 0 Å². The van der Waals surface area contributed by atoms with Gasteiger partial charge in [0.05, 0.1) is 30.9 Å². The number of hydrogen-bond donors (Lipinski definition) is 2. The summed E-state index contributed by atoms with van der Waals surface area (Å²) in [6.45, 7) is 1.96. The first kappa shape index (κ1) is 30.1. The highest BCUT2D eigenvalue weighted by Gasteiger charge is 2.38. The van der Waals surface area contributed by atoms with Gasteiger partial charge in [0.25, 0.3) is 0 Å². The first-order valence-electron chi connectivity index (χ1n) is 13.2. The van der Waals surface area contributed by atoms with Gasteiger partial charge in [-0.2, -0.15) is 13.2 Å². The molecule has 1 heterocycles. The lowest BCUT2D eigenvalue weighted by atomic mass is 10.0. The number of nitrogens with one attached hydrogen (secondary N) is 1. The van der Waals surface area contributed by atoms with Gasteiger partial charge >= 0.3 is 12.1 Å². The van der Waals surface area contributed by atoms with E-state index in [1.807, 2.05) is 66.2 Å². The molecular formula is C32H30F3N3O4. The minimum Gasteiger partial charge on any atom is -0.495 e. The minimum atomic E-state index is -5.08. The van der Waals surface area contributed by atoms with Gasteiger partial charge in [-0.15, -0.1) is 0 Å². The number of carboxylic acids is 1. The topological polar surface area (TPSA) is 93.5 Å². The number of aryl methyl sites for hydroxylation is 2. The number of carbonyl (C=O) groups is 2. The second kappa shape index (κ2) is 13.2. The standard InChI is InChI=1S/C30H29N3O2.C2HF3O2/c1-21-19-33(20-31-21)28-15-12-23(18-29(28)35-2)17-25(16-22-8-4-3-5-9-22)30(34)32-27-14-13-24-10-6-7-11-26(24)27;3-2(4,5)1(6)7/h3-12,15,17-20,27H,13-14,16H2,1-2H3,(H,32,34);(H,6,7)/b25-17+;. The van der Waals surface area contributed by atoms with Crippen molar-refractivity contribution in [2.75, 3.05) is 7.11 Å². The average molecular weight is 578 g/mol. The molecule has 42 heavy (non-hydrogen) atoms. The van der Waals surface area contributed by atoms with E-state index in [1.54, 1.807) is 13.4 Å². The lowest BCUT2D eigenvalue weighted by molar-refractivity contribution is -0.192. The molecule has 3 aromatic carbocycles. The van der Waals surface area contributed by atoms with E-state index >= 15 is 0 Å². The lowest BCUT2D eigenvalue weighted by Gasteiger charge is -2.17. The summed E-state index contributed by atoms with van der Waals surface area (Å²) in [6, 6.07) is 24.5. The fourth-order valence-electron chi connectivity index (χ4n) is 4.72. The fraction of sp³-hybridized carbons (Fsp3) is 0.219. The van der Waals surface area contributed by atoms with Crippen LogP contribution < -0.4 is 10.1 Å². The van der Waals surface area contributed by atoms with Crippen LogP contribution in [0.3, 0.4) is 0 Å². The zero-order valence-electron chi connectivity index (χ0n) is 23.1. The maximum Gasteiger partial charge on any atom is 0.490 e. The smallest absolute Gasteiger partial charge is 0.490 e. The molecule has 1 aliphatic carbocycles. The van der Waals surface area contributed by atoms with Gasteiger partial charge < -0.3 is 19.7 Å². The van der Waals surface area contributed by atoms with Crippen molar-refractivity contribution >= 4 is 18.0 Å². The number of ether oxygens (including phenoxy) is 1. The van der Waals surface area contributed by atoms with Crippen LogP contribution in [-0.4, -0.2) is 39.8 Å². The number of carbonyl (C=O) groups excluding carboxylic acids is 1. The summed E-state index contributed by atoms with van der Waals surface area (Å²) >= 11 is 0. The fourth-order valence-corrected chi connectivity index (χ4v) is 4.72. The Morgan fingerprint density at radius 3 is 2.43 bits per heavy atom. The molecule has 4 aromatic rings. The quantitative estimate of drug-likeness (QED) is 0.253. The first-order chi connectivity index (χ1) is 20.0. The number of halogens is 3. The summed E-state index contributed by atoms with van der Waals surface area (Å²) in [7, 11) is 1.66. The Balaban J connectivity index is 0.000000517. The molecule has 1 aliphatic rings. The van der Waals surface area contributed by atoms with Crippen LogP contribution in [0.1, 0.15) is 40.4 Å². The van der Waals surface area contributed by atoms with Crippen LogP contribution in [0.4, 0.5) is 13.2 Å². The van der Waals surface area contributed by atoms with Crippen LogP contribution in [0.2, 0.25) is 0 Å². The number of nitrogens with zero attached hydrogens (tertiary/aromatic N) is 2. The Kier molecular flexibility index (Phi) is 9.46. The molecule has 1 atom stereocenters. The molecule has 7 nitrogen and oxygen atoms in total. The SMILES string of the molecule is COc1cc(/C=C(\Cc2ccccc2)C(=O)NC2CCc3ccccc32)ccc1-n1cnc(C)c1.O=C(O)C(F)(F)F. The van der Waals surface area contributed by atoms with Gasteiger partial charge in [-0.25, -0.2) is 9.78 Å². The summed E-state index contributed by atoms with van der Waals surface area (Å²) in [4.78, 5) is 26.8. The van der Waals surface area contributed by atoms with E-state index in [1.165, 1.54) is 11.1 Å². The van der Waals surface area contributed by atoms with Crippen molar-refractivity contribution in [2.24, 2.45) is 0 Å². The summed E-state index contributed by atoms with van der Waals surface area (Å²) in [5, 5.41) is 10.4. The number of alkyl halides is 3. The number of aliphatic carboxylic acids is 1. The highest BCUT2D eigenvalue weighted by molar-refractivity contribution is 5.98. The molecule has 1 unspecified atom stereocenters. The Morgan fingerprint density at radius 1 is 1.10 bits per heavy atom. The number of amides is 1. The first-order valence-corrected chi connectivity index (χ1v) is 13.2. The third-order valence-electron chi connectivity index (χ3n) is 6.74.